The van der Waals surface area contributed by atoms with Crippen molar-refractivity contribution in [3.63, 3.8) is 0 Å². The molecule has 0 aliphatic carbocycles. The summed E-state index contributed by atoms with van der Waals surface area (Å²) in [4.78, 5) is 17.0. The number of carbonyl (C=O) groups excluding carboxylic acids is 1. The molecule has 0 fully saturated rings. The highest BCUT2D eigenvalue weighted by molar-refractivity contribution is 7.12. The molecule has 0 aliphatic rings. The first-order valence-corrected chi connectivity index (χ1v) is 10.6. The Hall–Kier alpha value is -2.47. The molecule has 3 aromatic rings. The summed E-state index contributed by atoms with van der Waals surface area (Å²) in [5.41, 5.74) is 6.17. The van der Waals surface area contributed by atoms with Gasteiger partial charge in [-0.1, -0.05) is 32.0 Å². The van der Waals surface area contributed by atoms with E-state index in [1.54, 1.807) is 0 Å². The molecular weight excluding hydrogens is 368 g/mol. The molecule has 6 heteroatoms. The number of hydrogen-bond donors (Lipinski definition) is 1. The van der Waals surface area contributed by atoms with Crippen molar-refractivity contribution in [1.82, 2.24) is 14.8 Å². The van der Waals surface area contributed by atoms with Gasteiger partial charge in [0.2, 0.25) is 11.0 Å². The second-order valence-electron chi connectivity index (χ2n) is 7.65. The Morgan fingerprint density at radius 3 is 2.68 bits per heavy atom. The maximum atomic E-state index is 12.4. The maximum absolute atomic E-state index is 12.4. The minimum atomic E-state index is -0.0582. The molecule has 0 saturated carbocycles. The van der Waals surface area contributed by atoms with Crippen LogP contribution in [0.15, 0.2) is 29.6 Å². The number of thiazole rings is 1. The van der Waals surface area contributed by atoms with Crippen molar-refractivity contribution in [2.75, 3.05) is 5.32 Å². The lowest BCUT2D eigenvalue weighted by molar-refractivity contribution is -0.115. The van der Waals surface area contributed by atoms with Crippen molar-refractivity contribution >= 4 is 22.9 Å². The van der Waals surface area contributed by atoms with Gasteiger partial charge in [-0.05, 0) is 56.7 Å². The molecule has 1 aromatic carbocycles. The van der Waals surface area contributed by atoms with Gasteiger partial charge >= 0.3 is 0 Å². The molecule has 0 atom stereocenters. The molecule has 1 amide bonds. The molecule has 0 saturated heterocycles. The first-order chi connectivity index (χ1) is 13.3. The van der Waals surface area contributed by atoms with Crippen LogP contribution in [-0.2, 0) is 17.6 Å². The molecule has 0 bridgehead atoms. The van der Waals surface area contributed by atoms with Gasteiger partial charge in [-0.2, -0.15) is 5.10 Å². The highest BCUT2D eigenvalue weighted by Gasteiger charge is 2.16. The molecule has 2 heterocycles. The molecular formula is C22H28N4OS. The quantitative estimate of drug-likeness (QED) is 0.610. The number of para-hydroxylation sites is 1. The molecule has 3 rings (SSSR count). The Balaban J connectivity index is 1.71. The lowest BCUT2D eigenvalue weighted by atomic mass is 10.0. The summed E-state index contributed by atoms with van der Waals surface area (Å²) in [6.45, 7) is 10.6. The number of hydrogen-bond acceptors (Lipinski definition) is 4. The summed E-state index contributed by atoms with van der Waals surface area (Å²) in [5, 5.41) is 10.4. The van der Waals surface area contributed by atoms with E-state index in [4.69, 9.17) is 5.10 Å². The minimum absolute atomic E-state index is 0.0582. The molecule has 1 N–H and O–H groups in total. The summed E-state index contributed by atoms with van der Waals surface area (Å²) in [5.74, 6) is 0.609. The van der Waals surface area contributed by atoms with E-state index in [0.717, 1.165) is 46.3 Å². The summed E-state index contributed by atoms with van der Waals surface area (Å²) in [6.07, 6.45) is 2.44. The van der Waals surface area contributed by atoms with Crippen LogP contribution in [0.1, 0.15) is 48.5 Å². The van der Waals surface area contributed by atoms with E-state index >= 15 is 0 Å². The van der Waals surface area contributed by atoms with Crippen LogP contribution in [0.25, 0.3) is 5.13 Å². The largest absolute Gasteiger partial charge is 0.326 e. The van der Waals surface area contributed by atoms with Crippen molar-refractivity contribution in [2.24, 2.45) is 5.92 Å². The number of aryl methyl sites for hydroxylation is 2. The predicted molar refractivity (Wildman–Crippen MR) is 115 cm³/mol. The van der Waals surface area contributed by atoms with Gasteiger partial charge in [0.15, 0.2) is 0 Å². The third-order valence-electron chi connectivity index (χ3n) is 4.89. The lowest BCUT2D eigenvalue weighted by Crippen LogP contribution is -2.15. The molecule has 0 radical (unpaired) electrons. The van der Waals surface area contributed by atoms with Crippen LogP contribution >= 0.6 is 11.3 Å². The van der Waals surface area contributed by atoms with Gasteiger partial charge < -0.3 is 5.32 Å². The molecule has 28 heavy (non-hydrogen) atoms. The summed E-state index contributed by atoms with van der Waals surface area (Å²) in [6, 6.07) is 7.77. The zero-order valence-corrected chi connectivity index (χ0v) is 18.1. The lowest BCUT2D eigenvalue weighted by Gasteiger charge is -2.07. The van der Waals surface area contributed by atoms with Gasteiger partial charge in [-0.25, -0.2) is 9.67 Å². The van der Waals surface area contributed by atoms with Gasteiger partial charge in [-0.3, -0.25) is 4.79 Å². The molecule has 5 nitrogen and oxygen atoms in total. The van der Waals surface area contributed by atoms with Crippen LogP contribution in [0.5, 0.6) is 0 Å². The van der Waals surface area contributed by atoms with Crippen LogP contribution in [0.4, 0.5) is 5.69 Å². The number of nitrogens with one attached hydrogen (secondary N) is 1. The van der Waals surface area contributed by atoms with Crippen molar-refractivity contribution in [1.29, 1.82) is 0 Å². The summed E-state index contributed by atoms with van der Waals surface area (Å²) < 4.78 is 1.92. The summed E-state index contributed by atoms with van der Waals surface area (Å²) >= 11 is 1.52. The van der Waals surface area contributed by atoms with E-state index in [9.17, 15) is 4.79 Å². The number of nitrogens with zero attached hydrogens (tertiary/aromatic N) is 3. The van der Waals surface area contributed by atoms with E-state index < -0.39 is 0 Å². The van der Waals surface area contributed by atoms with E-state index in [2.05, 4.69) is 38.0 Å². The second kappa shape index (κ2) is 8.69. The van der Waals surface area contributed by atoms with E-state index in [1.807, 2.05) is 41.3 Å². The zero-order chi connectivity index (χ0) is 20.3. The third kappa shape index (κ3) is 4.68. The fourth-order valence-electron chi connectivity index (χ4n) is 3.20. The highest BCUT2D eigenvalue weighted by Crippen LogP contribution is 2.23. The van der Waals surface area contributed by atoms with Crippen molar-refractivity contribution in [3.05, 3.63) is 57.9 Å². The number of benzene rings is 1. The van der Waals surface area contributed by atoms with Crippen molar-refractivity contribution in [3.8, 4) is 5.13 Å². The molecule has 0 aliphatic heterocycles. The number of amides is 1. The summed E-state index contributed by atoms with van der Waals surface area (Å²) in [7, 11) is 0. The minimum Gasteiger partial charge on any atom is -0.326 e. The normalized spacial score (nSPS) is 11.2. The monoisotopic (exact) mass is 396 g/mol. The number of aromatic nitrogens is 3. The maximum Gasteiger partial charge on any atom is 0.230 e. The highest BCUT2D eigenvalue weighted by atomic mass is 32.1. The fraction of sp³-hybridized carbons (Fsp3) is 0.409. The van der Waals surface area contributed by atoms with Crippen LogP contribution in [0.2, 0.25) is 0 Å². The van der Waals surface area contributed by atoms with Gasteiger partial charge in [0.1, 0.15) is 0 Å². The smallest absolute Gasteiger partial charge is 0.230 e. The van der Waals surface area contributed by atoms with Gasteiger partial charge in [0.25, 0.3) is 0 Å². The first kappa shape index (κ1) is 20.3. The van der Waals surface area contributed by atoms with Crippen LogP contribution in [0.3, 0.4) is 0 Å². The average Bonchev–Trinajstić information content (AvgIpc) is 3.19. The second-order valence-corrected chi connectivity index (χ2v) is 8.49. The Morgan fingerprint density at radius 1 is 1.21 bits per heavy atom. The Labute approximate surface area is 170 Å². The van der Waals surface area contributed by atoms with Crippen molar-refractivity contribution < 1.29 is 4.79 Å². The number of rotatable bonds is 7. The molecule has 0 unspecified atom stereocenters. The standard InChI is InChI=1S/C22H28N4OS/c1-14(2)10-11-19-16(4)25-26(17(19)5)22-23-18(13-28-22)12-21(27)24-20-9-7-6-8-15(20)3/h6-9,13-14H,10-12H2,1-5H3,(H,24,27). The SMILES string of the molecule is Cc1ccccc1NC(=O)Cc1csc(-n2nc(C)c(CCC(C)C)c2C)n1. The van der Waals surface area contributed by atoms with Gasteiger partial charge in [0.05, 0.1) is 17.8 Å². The predicted octanol–water partition coefficient (Wildman–Crippen LogP) is 5.02. The van der Waals surface area contributed by atoms with E-state index in [0.29, 0.717) is 5.92 Å². The zero-order valence-electron chi connectivity index (χ0n) is 17.2. The first-order valence-electron chi connectivity index (χ1n) is 9.70. The van der Waals surface area contributed by atoms with Crippen molar-refractivity contribution in [2.45, 2.75) is 53.9 Å². The van der Waals surface area contributed by atoms with Crippen LogP contribution in [-0.4, -0.2) is 20.7 Å². The fourth-order valence-corrected chi connectivity index (χ4v) is 4.03. The van der Waals surface area contributed by atoms with Gasteiger partial charge in [0, 0.05) is 16.8 Å². The number of carbonyl (C=O) groups is 1. The Morgan fingerprint density at radius 2 is 1.96 bits per heavy atom. The van der Waals surface area contributed by atoms with Crippen LogP contribution in [0, 0.1) is 26.7 Å². The van der Waals surface area contributed by atoms with E-state index in [1.165, 1.54) is 16.9 Å². The average molecular weight is 397 g/mol. The molecule has 0 spiro atoms. The Kier molecular flexibility index (Phi) is 6.29. The van der Waals surface area contributed by atoms with E-state index in [-0.39, 0.29) is 12.3 Å². The topological polar surface area (TPSA) is 59.8 Å². The molecule has 148 valence electrons. The van der Waals surface area contributed by atoms with Crippen LogP contribution < -0.4 is 5.32 Å². The number of anilines is 1. The Bertz CT molecular complexity index is 971. The molecule has 2 aromatic heterocycles. The van der Waals surface area contributed by atoms with Gasteiger partial charge in [-0.15, -0.1) is 11.3 Å². The third-order valence-corrected chi connectivity index (χ3v) is 5.76.